The van der Waals surface area contributed by atoms with Crippen LogP contribution in [0.3, 0.4) is 0 Å². The van der Waals surface area contributed by atoms with E-state index in [-0.39, 0.29) is 35.4 Å². The van der Waals surface area contributed by atoms with Crippen LogP contribution in [0.15, 0.2) is 0 Å². The number of nitrogens with two attached hydrogens (primary N) is 1. The maximum Gasteiger partial charge on any atom is 0.315 e. The topological polar surface area (TPSA) is 96.2 Å². The molecule has 0 heterocycles. The minimum atomic E-state index is -0.210. The minimum Gasteiger partial charge on any atom is -0.349 e. The molecule has 0 atom stereocenters. The number of hydrogen-bond donors (Lipinski definition) is 4. The third-order valence-electron chi connectivity index (χ3n) is 7.41. The van der Waals surface area contributed by atoms with Gasteiger partial charge in [-0.05, 0) is 69.1 Å². The predicted molar refractivity (Wildman–Crippen MR) is 108 cm³/mol. The summed E-state index contributed by atoms with van der Waals surface area (Å²) in [6.45, 7) is 0.878. The minimum absolute atomic E-state index is 0. The number of halogens is 1. The van der Waals surface area contributed by atoms with Gasteiger partial charge in [0.2, 0.25) is 5.91 Å². The smallest absolute Gasteiger partial charge is 0.315 e. The molecular weight excluding hydrogens is 364 g/mol. The average molecular weight is 399 g/mol. The SMILES string of the molecule is Cl.NCC1(NC(=O)CCNC(=O)NC23CC4CC(CC(C4)C2)C3)CCCC1. The van der Waals surface area contributed by atoms with Crippen LogP contribution in [0, 0.1) is 17.8 Å². The Kier molecular flexibility index (Phi) is 6.26. The van der Waals surface area contributed by atoms with Gasteiger partial charge in [0.25, 0.3) is 0 Å². The van der Waals surface area contributed by atoms with Gasteiger partial charge in [-0.3, -0.25) is 4.79 Å². The van der Waals surface area contributed by atoms with Gasteiger partial charge in [0.15, 0.2) is 0 Å². The highest BCUT2D eigenvalue weighted by molar-refractivity contribution is 5.85. The fourth-order valence-electron chi connectivity index (χ4n) is 6.63. The maximum absolute atomic E-state index is 12.4. The third-order valence-corrected chi connectivity index (χ3v) is 7.41. The lowest BCUT2D eigenvalue weighted by atomic mass is 9.53. The van der Waals surface area contributed by atoms with Crippen LogP contribution in [0.2, 0.25) is 0 Å². The molecule has 0 saturated heterocycles. The van der Waals surface area contributed by atoms with Crippen molar-refractivity contribution in [2.24, 2.45) is 23.5 Å². The summed E-state index contributed by atoms with van der Waals surface area (Å²) in [7, 11) is 0. The van der Waals surface area contributed by atoms with Crippen LogP contribution in [0.25, 0.3) is 0 Å². The summed E-state index contributed by atoms with van der Waals surface area (Å²) in [6, 6.07) is -0.103. The van der Waals surface area contributed by atoms with Gasteiger partial charge in [-0.1, -0.05) is 12.8 Å². The van der Waals surface area contributed by atoms with E-state index in [1.807, 2.05) is 0 Å². The Morgan fingerprint density at radius 1 is 0.926 bits per heavy atom. The summed E-state index contributed by atoms with van der Waals surface area (Å²) in [4.78, 5) is 24.6. The van der Waals surface area contributed by atoms with Gasteiger partial charge < -0.3 is 21.7 Å². The number of urea groups is 1. The molecule has 0 spiro atoms. The Balaban J connectivity index is 0.00000210. The molecule has 154 valence electrons. The van der Waals surface area contributed by atoms with E-state index >= 15 is 0 Å². The second-order valence-corrected chi connectivity index (χ2v) is 9.57. The van der Waals surface area contributed by atoms with Crippen LogP contribution < -0.4 is 21.7 Å². The molecule has 0 aromatic carbocycles. The van der Waals surface area contributed by atoms with Gasteiger partial charge >= 0.3 is 6.03 Å². The molecule has 5 N–H and O–H groups in total. The standard InChI is InChI=1S/C20H34N4O2.ClH/c21-13-19(4-1-2-5-19)23-17(25)3-6-22-18(26)24-20-10-14-7-15(11-20)9-16(8-14)12-20;/h14-16H,1-13,21H2,(H,23,25)(H2,22,24,26);1H. The molecule has 6 nitrogen and oxygen atoms in total. The fourth-order valence-corrected chi connectivity index (χ4v) is 6.63. The van der Waals surface area contributed by atoms with Crippen LogP contribution in [-0.2, 0) is 4.79 Å². The predicted octanol–water partition coefficient (Wildman–Crippen LogP) is 2.45. The van der Waals surface area contributed by atoms with E-state index in [0.717, 1.165) is 62.7 Å². The third kappa shape index (κ3) is 4.53. The van der Waals surface area contributed by atoms with Crippen molar-refractivity contribution < 1.29 is 9.59 Å². The van der Waals surface area contributed by atoms with Crippen LogP contribution in [0.5, 0.6) is 0 Å². The molecule has 0 aromatic heterocycles. The van der Waals surface area contributed by atoms with Crippen LogP contribution in [-0.4, -0.2) is 36.1 Å². The fraction of sp³-hybridized carbons (Fsp3) is 0.900. The van der Waals surface area contributed by atoms with E-state index in [4.69, 9.17) is 5.73 Å². The van der Waals surface area contributed by atoms with E-state index in [2.05, 4.69) is 16.0 Å². The molecule has 27 heavy (non-hydrogen) atoms. The Bertz CT molecular complexity index is 527. The van der Waals surface area contributed by atoms with E-state index in [1.165, 1.54) is 19.3 Å². The van der Waals surface area contributed by atoms with Gasteiger partial charge in [0.1, 0.15) is 0 Å². The van der Waals surface area contributed by atoms with E-state index in [1.54, 1.807) is 0 Å². The van der Waals surface area contributed by atoms with E-state index < -0.39 is 0 Å². The first kappa shape index (κ1) is 20.7. The molecule has 7 heteroatoms. The monoisotopic (exact) mass is 398 g/mol. The van der Waals surface area contributed by atoms with Crippen molar-refractivity contribution in [2.45, 2.75) is 81.7 Å². The number of nitrogens with one attached hydrogen (secondary N) is 3. The molecule has 3 amide bonds. The lowest BCUT2D eigenvalue weighted by Gasteiger charge is -2.56. The van der Waals surface area contributed by atoms with Gasteiger partial charge in [-0.15, -0.1) is 12.4 Å². The molecule has 0 radical (unpaired) electrons. The first-order valence-corrected chi connectivity index (χ1v) is 10.6. The molecule has 5 rings (SSSR count). The molecular formula is C20H35ClN4O2. The molecule has 0 aliphatic heterocycles. The highest BCUT2D eigenvalue weighted by Gasteiger charge is 2.51. The van der Waals surface area contributed by atoms with Crippen LogP contribution >= 0.6 is 12.4 Å². The summed E-state index contributed by atoms with van der Waals surface area (Å²) in [5.41, 5.74) is 5.68. The largest absolute Gasteiger partial charge is 0.349 e. The molecule has 5 fully saturated rings. The molecule has 5 aliphatic rings. The van der Waals surface area contributed by atoms with Crippen molar-refractivity contribution in [3.05, 3.63) is 0 Å². The number of carbonyl (C=O) groups excluding carboxylic acids is 2. The van der Waals surface area contributed by atoms with Crippen molar-refractivity contribution in [1.29, 1.82) is 0 Å². The molecule has 0 aromatic rings. The lowest BCUT2D eigenvalue weighted by Crippen LogP contribution is -2.61. The van der Waals surface area contributed by atoms with Gasteiger partial charge in [0, 0.05) is 25.0 Å². The molecule has 0 unspecified atom stereocenters. The zero-order valence-corrected chi connectivity index (χ0v) is 17.0. The quantitative estimate of drug-likeness (QED) is 0.553. The Morgan fingerprint density at radius 2 is 1.48 bits per heavy atom. The maximum atomic E-state index is 12.4. The Hall–Kier alpha value is -1.01. The van der Waals surface area contributed by atoms with E-state index in [0.29, 0.717) is 19.5 Å². The van der Waals surface area contributed by atoms with Crippen molar-refractivity contribution in [3.8, 4) is 0 Å². The van der Waals surface area contributed by atoms with Crippen molar-refractivity contribution in [3.63, 3.8) is 0 Å². The second-order valence-electron chi connectivity index (χ2n) is 9.57. The summed E-state index contributed by atoms with van der Waals surface area (Å²) < 4.78 is 0. The zero-order chi connectivity index (χ0) is 18.2. The number of carbonyl (C=O) groups is 2. The Morgan fingerprint density at radius 3 is 2.00 bits per heavy atom. The van der Waals surface area contributed by atoms with Gasteiger partial charge in [0.05, 0.1) is 5.54 Å². The van der Waals surface area contributed by atoms with Crippen LogP contribution in [0.1, 0.15) is 70.6 Å². The van der Waals surface area contributed by atoms with Gasteiger partial charge in [-0.2, -0.15) is 0 Å². The van der Waals surface area contributed by atoms with Crippen LogP contribution in [0.4, 0.5) is 4.79 Å². The highest BCUT2D eigenvalue weighted by Crippen LogP contribution is 2.55. The van der Waals surface area contributed by atoms with Crippen molar-refractivity contribution in [1.82, 2.24) is 16.0 Å². The summed E-state index contributed by atoms with van der Waals surface area (Å²) in [6.07, 6.45) is 12.0. The summed E-state index contributed by atoms with van der Waals surface area (Å²) in [5.74, 6) is 2.43. The first-order chi connectivity index (χ1) is 12.5. The van der Waals surface area contributed by atoms with Gasteiger partial charge in [-0.25, -0.2) is 4.79 Å². The second kappa shape index (κ2) is 8.16. The first-order valence-electron chi connectivity index (χ1n) is 10.6. The highest BCUT2D eigenvalue weighted by atomic mass is 35.5. The lowest BCUT2D eigenvalue weighted by molar-refractivity contribution is -0.122. The number of hydrogen-bond acceptors (Lipinski definition) is 3. The number of amides is 3. The number of rotatable bonds is 6. The van der Waals surface area contributed by atoms with Crippen molar-refractivity contribution >= 4 is 24.3 Å². The normalized spacial score (nSPS) is 35.4. The average Bonchev–Trinajstić information content (AvgIpc) is 3.02. The van der Waals surface area contributed by atoms with Crippen molar-refractivity contribution in [2.75, 3.05) is 13.1 Å². The van der Waals surface area contributed by atoms with E-state index in [9.17, 15) is 9.59 Å². The zero-order valence-electron chi connectivity index (χ0n) is 16.2. The summed E-state index contributed by atoms with van der Waals surface area (Å²) in [5, 5.41) is 9.30. The molecule has 5 saturated carbocycles. The molecule has 4 bridgehead atoms. The molecule has 5 aliphatic carbocycles. The Labute approximate surface area is 168 Å². The summed E-state index contributed by atoms with van der Waals surface area (Å²) >= 11 is 0.